The summed E-state index contributed by atoms with van der Waals surface area (Å²) in [7, 11) is 0. The molecule has 0 amide bonds. The van der Waals surface area contributed by atoms with Crippen molar-refractivity contribution >= 4 is 22.1 Å². The van der Waals surface area contributed by atoms with Crippen LogP contribution < -0.4 is 5.32 Å². The molecule has 4 nitrogen and oxygen atoms in total. The van der Waals surface area contributed by atoms with Crippen LogP contribution in [0.4, 0.5) is 9.52 Å². The minimum absolute atomic E-state index is 0.253. The minimum Gasteiger partial charge on any atom is -0.359 e. The summed E-state index contributed by atoms with van der Waals surface area (Å²) in [6.45, 7) is 4.35. The van der Waals surface area contributed by atoms with Gasteiger partial charge in [0.25, 0.3) is 0 Å². The summed E-state index contributed by atoms with van der Waals surface area (Å²) in [5.74, 6) is -0.253. The standard InChI is InChI=1S/C21H21FN4S/c1-3-17(4-2)25-21-24-12-19(27-21)15-11-18(14-6-5-7-16(22)10-14)20-23-8-9-26(20)13-15/h5-13,17H,3-4H2,1-2H3,(H,24,25). The summed E-state index contributed by atoms with van der Waals surface area (Å²) in [6.07, 6.45) is 9.73. The first-order valence-corrected chi connectivity index (χ1v) is 9.95. The molecule has 0 unspecified atom stereocenters. The molecule has 0 aliphatic rings. The number of thiazole rings is 1. The first-order valence-electron chi connectivity index (χ1n) is 9.13. The maximum absolute atomic E-state index is 13.8. The Labute approximate surface area is 161 Å². The lowest BCUT2D eigenvalue weighted by Gasteiger charge is -2.12. The van der Waals surface area contributed by atoms with Crippen molar-refractivity contribution in [3.05, 3.63) is 60.9 Å². The number of fused-ring (bicyclic) bond motifs is 1. The van der Waals surface area contributed by atoms with Gasteiger partial charge in [-0.2, -0.15) is 0 Å². The van der Waals surface area contributed by atoms with Crippen molar-refractivity contribution in [3.8, 4) is 21.6 Å². The molecule has 6 heteroatoms. The minimum atomic E-state index is -0.253. The Bertz CT molecular complexity index is 1060. The molecule has 0 aliphatic carbocycles. The Hall–Kier alpha value is -2.73. The van der Waals surface area contributed by atoms with Crippen molar-refractivity contribution in [1.82, 2.24) is 14.4 Å². The third-order valence-corrected chi connectivity index (χ3v) is 5.70. The highest BCUT2D eigenvalue weighted by molar-refractivity contribution is 7.18. The Morgan fingerprint density at radius 1 is 1.15 bits per heavy atom. The Morgan fingerprint density at radius 3 is 2.78 bits per heavy atom. The monoisotopic (exact) mass is 380 g/mol. The van der Waals surface area contributed by atoms with Crippen molar-refractivity contribution < 1.29 is 4.39 Å². The number of anilines is 1. The number of imidazole rings is 1. The summed E-state index contributed by atoms with van der Waals surface area (Å²) < 4.78 is 15.7. The van der Waals surface area contributed by atoms with Gasteiger partial charge in [0.15, 0.2) is 5.13 Å². The average molecular weight is 380 g/mol. The lowest BCUT2D eigenvalue weighted by molar-refractivity contribution is 0.628. The van der Waals surface area contributed by atoms with Crippen LogP contribution in [0.5, 0.6) is 0 Å². The summed E-state index contributed by atoms with van der Waals surface area (Å²) in [5, 5.41) is 4.42. The van der Waals surface area contributed by atoms with E-state index in [1.165, 1.54) is 6.07 Å². The maximum atomic E-state index is 13.8. The average Bonchev–Trinajstić information content (AvgIpc) is 3.34. The van der Waals surface area contributed by atoms with E-state index in [1.807, 2.05) is 29.1 Å². The molecule has 3 heterocycles. The topological polar surface area (TPSA) is 42.2 Å². The van der Waals surface area contributed by atoms with E-state index in [-0.39, 0.29) is 5.82 Å². The third kappa shape index (κ3) is 3.57. The highest BCUT2D eigenvalue weighted by atomic mass is 32.1. The second-order valence-corrected chi connectivity index (χ2v) is 7.53. The number of hydrogen-bond donors (Lipinski definition) is 1. The fourth-order valence-electron chi connectivity index (χ4n) is 3.18. The van der Waals surface area contributed by atoms with E-state index in [2.05, 4.69) is 35.2 Å². The van der Waals surface area contributed by atoms with E-state index >= 15 is 0 Å². The number of rotatable bonds is 6. The first kappa shape index (κ1) is 17.7. The van der Waals surface area contributed by atoms with Crippen LogP contribution in [0.2, 0.25) is 0 Å². The van der Waals surface area contributed by atoms with Gasteiger partial charge >= 0.3 is 0 Å². The number of nitrogens with one attached hydrogen (secondary N) is 1. The molecule has 1 N–H and O–H groups in total. The van der Waals surface area contributed by atoms with Crippen LogP contribution >= 0.6 is 11.3 Å². The predicted octanol–water partition coefficient (Wildman–Crippen LogP) is 5.86. The van der Waals surface area contributed by atoms with Crippen molar-refractivity contribution in [2.45, 2.75) is 32.7 Å². The van der Waals surface area contributed by atoms with Crippen LogP contribution in [0.15, 0.2) is 55.1 Å². The number of hydrogen-bond acceptors (Lipinski definition) is 4. The first-order chi connectivity index (χ1) is 13.2. The zero-order valence-corrected chi connectivity index (χ0v) is 16.1. The van der Waals surface area contributed by atoms with Crippen LogP contribution in [0, 0.1) is 5.82 Å². The Kier molecular flexibility index (Phi) is 4.90. The van der Waals surface area contributed by atoms with Gasteiger partial charge in [0.05, 0.1) is 4.88 Å². The molecule has 3 aromatic heterocycles. The summed E-state index contributed by atoms with van der Waals surface area (Å²) in [6, 6.07) is 9.12. The normalized spacial score (nSPS) is 11.4. The zero-order chi connectivity index (χ0) is 18.8. The van der Waals surface area contributed by atoms with Gasteiger partial charge in [-0.05, 0) is 36.6 Å². The molecule has 0 bridgehead atoms. The molecule has 0 saturated heterocycles. The van der Waals surface area contributed by atoms with E-state index in [4.69, 9.17) is 0 Å². The van der Waals surface area contributed by atoms with E-state index < -0.39 is 0 Å². The molecule has 0 fully saturated rings. The van der Waals surface area contributed by atoms with Gasteiger partial charge < -0.3 is 9.72 Å². The number of aromatic nitrogens is 3. The van der Waals surface area contributed by atoms with E-state index in [9.17, 15) is 4.39 Å². The SMILES string of the molecule is CCC(CC)Nc1ncc(-c2cc(-c3cccc(F)c3)c3nccn3c2)s1. The second kappa shape index (κ2) is 7.48. The van der Waals surface area contributed by atoms with Crippen LogP contribution in [0.3, 0.4) is 0 Å². The van der Waals surface area contributed by atoms with Crippen LogP contribution in [-0.2, 0) is 0 Å². The molecular formula is C21H21FN4S. The van der Waals surface area contributed by atoms with Crippen molar-refractivity contribution in [2.75, 3.05) is 5.32 Å². The lowest BCUT2D eigenvalue weighted by atomic mass is 10.0. The highest BCUT2D eigenvalue weighted by Gasteiger charge is 2.13. The number of nitrogens with zero attached hydrogens (tertiary/aromatic N) is 3. The second-order valence-electron chi connectivity index (χ2n) is 6.50. The molecule has 27 heavy (non-hydrogen) atoms. The molecule has 0 saturated carbocycles. The number of benzene rings is 1. The molecule has 4 rings (SSSR count). The number of halogens is 1. The molecule has 4 aromatic rings. The summed E-state index contributed by atoms with van der Waals surface area (Å²) in [4.78, 5) is 10.0. The molecule has 0 radical (unpaired) electrons. The van der Waals surface area contributed by atoms with Gasteiger partial charge in [0.1, 0.15) is 11.5 Å². The van der Waals surface area contributed by atoms with Gasteiger partial charge in [0.2, 0.25) is 0 Å². The molecule has 0 atom stereocenters. The molecule has 1 aromatic carbocycles. The van der Waals surface area contributed by atoms with Gasteiger partial charge in [-0.25, -0.2) is 14.4 Å². The summed E-state index contributed by atoms with van der Waals surface area (Å²) in [5.41, 5.74) is 3.56. The fraction of sp³-hybridized carbons (Fsp3) is 0.238. The largest absolute Gasteiger partial charge is 0.359 e. The van der Waals surface area contributed by atoms with Crippen molar-refractivity contribution in [2.24, 2.45) is 0 Å². The zero-order valence-electron chi connectivity index (χ0n) is 15.3. The van der Waals surface area contributed by atoms with Crippen molar-refractivity contribution in [1.29, 1.82) is 0 Å². The molecule has 138 valence electrons. The lowest BCUT2D eigenvalue weighted by Crippen LogP contribution is -2.16. The van der Waals surface area contributed by atoms with Gasteiger partial charge in [0, 0.05) is 42.0 Å². The molecule has 0 spiro atoms. The Balaban J connectivity index is 1.76. The maximum Gasteiger partial charge on any atom is 0.183 e. The quantitative estimate of drug-likeness (QED) is 0.455. The van der Waals surface area contributed by atoms with Gasteiger partial charge in [-0.1, -0.05) is 37.3 Å². The number of pyridine rings is 1. The van der Waals surface area contributed by atoms with Gasteiger partial charge in [-0.15, -0.1) is 0 Å². The molecular weight excluding hydrogens is 359 g/mol. The summed E-state index contributed by atoms with van der Waals surface area (Å²) >= 11 is 1.63. The van der Waals surface area contributed by atoms with E-state index in [0.29, 0.717) is 6.04 Å². The van der Waals surface area contributed by atoms with Crippen LogP contribution in [0.1, 0.15) is 26.7 Å². The molecule has 0 aliphatic heterocycles. The van der Waals surface area contributed by atoms with E-state index in [0.717, 1.165) is 45.2 Å². The predicted molar refractivity (Wildman–Crippen MR) is 110 cm³/mol. The van der Waals surface area contributed by atoms with Crippen LogP contribution in [-0.4, -0.2) is 20.4 Å². The fourth-order valence-corrected chi connectivity index (χ4v) is 4.05. The van der Waals surface area contributed by atoms with Crippen molar-refractivity contribution in [3.63, 3.8) is 0 Å². The van der Waals surface area contributed by atoms with Gasteiger partial charge in [-0.3, -0.25) is 0 Å². The smallest absolute Gasteiger partial charge is 0.183 e. The van der Waals surface area contributed by atoms with E-state index in [1.54, 1.807) is 29.7 Å². The van der Waals surface area contributed by atoms with Crippen LogP contribution in [0.25, 0.3) is 27.2 Å². The third-order valence-electron chi connectivity index (χ3n) is 4.73. The highest BCUT2D eigenvalue weighted by Crippen LogP contribution is 2.34. The Morgan fingerprint density at radius 2 is 2.00 bits per heavy atom.